The molecule has 0 atom stereocenters. The molecule has 1 fully saturated rings. The van der Waals surface area contributed by atoms with E-state index in [2.05, 4.69) is 0 Å². The first kappa shape index (κ1) is 15.4. The zero-order chi connectivity index (χ0) is 15.5. The van der Waals surface area contributed by atoms with Gasteiger partial charge in [0.1, 0.15) is 0 Å². The number of nitro benzene ring substituents is 1. The van der Waals surface area contributed by atoms with Crippen LogP contribution in [-0.4, -0.2) is 40.0 Å². The number of aliphatic hydroxyl groups is 1. The third kappa shape index (κ3) is 4.01. The molecule has 1 aliphatic carbocycles. The molecule has 1 amide bonds. The van der Waals surface area contributed by atoms with Crippen molar-refractivity contribution in [2.45, 2.75) is 37.7 Å². The topological polar surface area (TPSA) is 83.7 Å². The van der Waals surface area contributed by atoms with Crippen molar-refractivity contribution in [1.29, 1.82) is 0 Å². The van der Waals surface area contributed by atoms with Gasteiger partial charge in [-0.3, -0.25) is 14.9 Å². The first-order chi connectivity index (χ1) is 9.89. The van der Waals surface area contributed by atoms with Gasteiger partial charge in [-0.2, -0.15) is 0 Å². The maximum Gasteiger partial charge on any atom is 0.269 e. The van der Waals surface area contributed by atoms with Gasteiger partial charge in [-0.15, -0.1) is 0 Å². The van der Waals surface area contributed by atoms with E-state index < -0.39 is 10.5 Å². The number of nitro groups is 1. The van der Waals surface area contributed by atoms with Crippen molar-refractivity contribution in [3.05, 3.63) is 39.9 Å². The molecule has 1 aliphatic rings. The number of hydrogen-bond acceptors (Lipinski definition) is 4. The highest BCUT2D eigenvalue weighted by Crippen LogP contribution is 2.30. The van der Waals surface area contributed by atoms with Gasteiger partial charge in [0, 0.05) is 25.7 Å². The molecule has 114 valence electrons. The molecule has 6 nitrogen and oxygen atoms in total. The summed E-state index contributed by atoms with van der Waals surface area (Å²) in [6.45, 7) is 0.346. The van der Waals surface area contributed by atoms with Gasteiger partial charge in [0.15, 0.2) is 0 Å². The van der Waals surface area contributed by atoms with Gasteiger partial charge in [0.25, 0.3) is 5.69 Å². The SMILES string of the molecule is CN(CC1(O)CCCC1)C(=O)Cc1ccc([N+](=O)[O-])cc1. The molecule has 0 aliphatic heterocycles. The lowest BCUT2D eigenvalue weighted by Crippen LogP contribution is -2.42. The maximum atomic E-state index is 12.1. The molecule has 21 heavy (non-hydrogen) atoms. The van der Waals surface area contributed by atoms with Crippen molar-refractivity contribution in [2.75, 3.05) is 13.6 Å². The van der Waals surface area contributed by atoms with Gasteiger partial charge in [-0.1, -0.05) is 25.0 Å². The van der Waals surface area contributed by atoms with Gasteiger partial charge in [-0.05, 0) is 18.4 Å². The van der Waals surface area contributed by atoms with E-state index in [4.69, 9.17) is 0 Å². The molecule has 1 aromatic rings. The Morgan fingerprint density at radius 3 is 2.43 bits per heavy atom. The van der Waals surface area contributed by atoms with Crippen LogP contribution in [-0.2, 0) is 11.2 Å². The van der Waals surface area contributed by atoms with E-state index >= 15 is 0 Å². The van der Waals surface area contributed by atoms with Crippen molar-refractivity contribution in [2.24, 2.45) is 0 Å². The Labute approximate surface area is 123 Å². The summed E-state index contributed by atoms with van der Waals surface area (Å²) in [5, 5.41) is 20.9. The fourth-order valence-electron chi connectivity index (χ4n) is 2.77. The monoisotopic (exact) mass is 292 g/mol. The minimum absolute atomic E-state index is 0.0137. The zero-order valence-electron chi connectivity index (χ0n) is 12.1. The van der Waals surface area contributed by atoms with Gasteiger partial charge >= 0.3 is 0 Å². The Morgan fingerprint density at radius 1 is 1.33 bits per heavy atom. The van der Waals surface area contributed by atoms with Gasteiger partial charge in [-0.25, -0.2) is 0 Å². The molecule has 6 heteroatoms. The molecule has 0 unspecified atom stereocenters. The molecule has 1 aromatic carbocycles. The highest BCUT2D eigenvalue weighted by Gasteiger charge is 2.33. The molecule has 0 spiro atoms. The predicted molar refractivity (Wildman–Crippen MR) is 77.9 cm³/mol. The predicted octanol–water partition coefficient (Wildman–Crippen LogP) is 1.90. The third-order valence-electron chi connectivity index (χ3n) is 3.99. The lowest BCUT2D eigenvalue weighted by molar-refractivity contribution is -0.384. The first-order valence-corrected chi connectivity index (χ1v) is 7.09. The van der Waals surface area contributed by atoms with Gasteiger partial charge < -0.3 is 10.0 Å². The van der Waals surface area contributed by atoms with Crippen LogP contribution in [0.1, 0.15) is 31.2 Å². The van der Waals surface area contributed by atoms with Crippen molar-refractivity contribution in [3.8, 4) is 0 Å². The number of hydrogen-bond donors (Lipinski definition) is 1. The minimum Gasteiger partial charge on any atom is -0.388 e. The van der Waals surface area contributed by atoms with Crippen LogP contribution in [0.5, 0.6) is 0 Å². The van der Waals surface area contributed by atoms with E-state index in [0.717, 1.165) is 31.2 Å². The van der Waals surface area contributed by atoms with E-state index in [1.807, 2.05) is 0 Å². The van der Waals surface area contributed by atoms with Crippen LogP contribution in [0, 0.1) is 10.1 Å². The highest BCUT2D eigenvalue weighted by molar-refractivity contribution is 5.78. The summed E-state index contributed by atoms with van der Waals surface area (Å²) in [5.74, 6) is -0.0934. The largest absolute Gasteiger partial charge is 0.388 e. The Balaban J connectivity index is 1.92. The molecule has 2 rings (SSSR count). The Bertz CT molecular complexity index is 521. The van der Waals surface area contributed by atoms with Crippen LogP contribution in [0.25, 0.3) is 0 Å². The van der Waals surface area contributed by atoms with Crippen LogP contribution >= 0.6 is 0 Å². The number of benzene rings is 1. The zero-order valence-corrected chi connectivity index (χ0v) is 12.1. The fraction of sp³-hybridized carbons (Fsp3) is 0.533. The molecule has 0 radical (unpaired) electrons. The Hall–Kier alpha value is -1.95. The summed E-state index contributed by atoms with van der Waals surface area (Å²) in [6.07, 6.45) is 3.66. The van der Waals surface area contributed by atoms with Crippen molar-refractivity contribution in [3.63, 3.8) is 0 Å². The number of rotatable bonds is 5. The smallest absolute Gasteiger partial charge is 0.269 e. The van der Waals surface area contributed by atoms with Crippen LogP contribution in [0.4, 0.5) is 5.69 Å². The summed E-state index contributed by atoms with van der Waals surface area (Å²) in [5.41, 5.74) is -0.00411. The molecule has 0 aromatic heterocycles. The summed E-state index contributed by atoms with van der Waals surface area (Å²) in [6, 6.07) is 5.97. The van der Waals surface area contributed by atoms with E-state index in [-0.39, 0.29) is 18.0 Å². The quantitative estimate of drug-likeness (QED) is 0.663. The normalized spacial score (nSPS) is 16.7. The van der Waals surface area contributed by atoms with Crippen molar-refractivity contribution in [1.82, 2.24) is 4.90 Å². The second kappa shape index (κ2) is 6.22. The number of likely N-dealkylation sites (N-methyl/N-ethyl adjacent to an activating group) is 1. The van der Waals surface area contributed by atoms with Gasteiger partial charge in [0.05, 0.1) is 16.9 Å². The minimum atomic E-state index is -0.750. The number of amides is 1. The number of non-ortho nitro benzene ring substituents is 1. The first-order valence-electron chi connectivity index (χ1n) is 7.09. The van der Waals surface area contributed by atoms with E-state index in [1.165, 1.54) is 12.1 Å². The number of nitrogens with zero attached hydrogens (tertiary/aromatic N) is 2. The molecule has 0 bridgehead atoms. The van der Waals surface area contributed by atoms with Crippen LogP contribution in [0.2, 0.25) is 0 Å². The number of carbonyl (C=O) groups excluding carboxylic acids is 1. The average molecular weight is 292 g/mol. The second-order valence-corrected chi connectivity index (χ2v) is 5.78. The van der Waals surface area contributed by atoms with Crippen LogP contribution in [0.3, 0.4) is 0 Å². The van der Waals surface area contributed by atoms with Crippen LogP contribution in [0.15, 0.2) is 24.3 Å². The molecule has 0 heterocycles. The molecule has 0 saturated heterocycles. The molecular weight excluding hydrogens is 272 g/mol. The summed E-state index contributed by atoms with van der Waals surface area (Å²) in [7, 11) is 1.68. The fourth-order valence-corrected chi connectivity index (χ4v) is 2.77. The van der Waals surface area contributed by atoms with E-state index in [9.17, 15) is 20.0 Å². The second-order valence-electron chi connectivity index (χ2n) is 5.78. The highest BCUT2D eigenvalue weighted by atomic mass is 16.6. The van der Waals surface area contributed by atoms with E-state index in [1.54, 1.807) is 24.1 Å². The number of carbonyl (C=O) groups is 1. The Morgan fingerprint density at radius 2 is 1.90 bits per heavy atom. The summed E-state index contributed by atoms with van der Waals surface area (Å²) >= 11 is 0. The van der Waals surface area contributed by atoms with Crippen molar-refractivity contribution >= 4 is 11.6 Å². The Kier molecular flexibility index (Phi) is 4.57. The third-order valence-corrected chi connectivity index (χ3v) is 3.99. The van der Waals surface area contributed by atoms with E-state index in [0.29, 0.717) is 6.54 Å². The lowest BCUT2D eigenvalue weighted by atomic mass is 10.0. The molecule has 1 saturated carbocycles. The van der Waals surface area contributed by atoms with Crippen LogP contribution < -0.4 is 0 Å². The summed E-state index contributed by atoms with van der Waals surface area (Å²) in [4.78, 5) is 23.8. The summed E-state index contributed by atoms with van der Waals surface area (Å²) < 4.78 is 0. The standard InChI is InChI=1S/C15H20N2O4/c1-16(11-15(19)8-2-3-9-15)14(18)10-12-4-6-13(7-5-12)17(20)21/h4-7,19H,2-3,8-11H2,1H3. The lowest BCUT2D eigenvalue weighted by Gasteiger charge is -2.28. The molecular formula is C15H20N2O4. The molecule has 1 N–H and O–H groups in total. The van der Waals surface area contributed by atoms with Crippen molar-refractivity contribution < 1.29 is 14.8 Å². The average Bonchev–Trinajstić information content (AvgIpc) is 2.85. The van der Waals surface area contributed by atoms with Gasteiger partial charge in [0.2, 0.25) is 5.91 Å². The maximum absolute atomic E-state index is 12.1.